The molecule has 7 nitrogen and oxygen atoms in total. The third-order valence-electron chi connectivity index (χ3n) is 4.73. The van der Waals surface area contributed by atoms with E-state index in [4.69, 9.17) is 9.94 Å². The van der Waals surface area contributed by atoms with Crippen molar-refractivity contribution in [3.63, 3.8) is 0 Å². The maximum atomic E-state index is 10.9. The Labute approximate surface area is 154 Å². The lowest BCUT2D eigenvalue weighted by molar-refractivity contribution is -0.118. The van der Waals surface area contributed by atoms with Crippen LogP contribution in [0.3, 0.4) is 0 Å². The monoisotopic (exact) mass is 359 g/mol. The number of amides is 1. The highest BCUT2D eigenvalue weighted by Gasteiger charge is 2.24. The van der Waals surface area contributed by atoms with Gasteiger partial charge in [0.2, 0.25) is 5.91 Å². The molecule has 1 saturated heterocycles. The van der Waals surface area contributed by atoms with Crippen LogP contribution in [0.5, 0.6) is 0 Å². The second-order valence-electron chi connectivity index (χ2n) is 7.22. The molecule has 0 unspecified atom stereocenters. The summed E-state index contributed by atoms with van der Waals surface area (Å²) in [5.74, 6) is 0.0223. The second-order valence-corrected chi connectivity index (χ2v) is 7.22. The number of fused-ring (bicyclic) bond motifs is 1. The number of hydrogen-bond donors (Lipinski definition) is 3. The number of para-hydroxylation sites is 1. The van der Waals surface area contributed by atoms with Crippen molar-refractivity contribution in [1.82, 2.24) is 25.9 Å². The van der Waals surface area contributed by atoms with E-state index in [2.05, 4.69) is 42.1 Å². The third kappa shape index (κ3) is 4.60. The minimum Gasteiger partial charge on any atom is -0.356 e. The summed E-state index contributed by atoms with van der Waals surface area (Å²) in [6.45, 7) is 7.82. The Balaban J connectivity index is 1.48. The zero-order valence-electron chi connectivity index (χ0n) is 15.8. The quantitative estimate of drug-likeness (QED) is 0.627. The van der Waals surface area contributed by atoms with Gasteiger partial charge in [-0.05, 0) is 32.8 Å². The van der Waals surface area contributed by atoms with Crippen LogP contribution < -0.4 is 16.1 Å². The van der Waals surface area contributed by atoms with Crippen molar-refractivity contribution in [2.45, 2.75) is 58.3 Å². The number of rotatable bonds is 8. The average molecular weight is 359 g/mol. The first-order valence-electron chi connectivity index (χ1n) is 9.36. The molecule has 1 amide bonds. The lowest BCUT2D eigenvalue weighted by Gasteiger charge is -2.12. The zero-order valence-corrected chi connectivity index (χ0v) is 15.8. The van der Waals surface area contributed by atoms with Crippen molar-refractivity contribution in [3.05, 3.63) is 30.0 Å². The molecule has 3 rings (SSSR count). The Morgan fingerprint density at radius 2 is 2.23 bits per heavy atom. The van der Waals surface area contributed by atoms with Crippen molar-refractivity contribution < 1.29 is 9.63 Å². The molecule has 2 atom stereocenters. The van der Waals surface area contributed by atoms with Gasteiger partial charge in [-0.15, -0.1) is 0 Å². The molecule has 142 valence electrons. The van der Waals surface area contributed by atoms with Crippen molar-refractivity contribution in [3.8, 4) is 0 Å². The van der Waals surface area contributed by atoms with E-state index in [1.807, 2.05) is 16.8 Å². The molecule has 26 heavy (non-hydrogen) atoms. The molecule has 0 spiro atoms. The van der Waals surface area contributed by atoms with Gasteiger partial charge in [0.25, 0.3) is 0 Å². The predicted molar refractivity (Wildman–Crippen MR) is 102 cm³/mol. The standard InChI is InChI=1S/C19H29N5O2/c1-13(2)24-19-7-5-4-6-17(19)18(22-24)12-26-23-16-10-15(21-11-16)8-9-20-14(3)25/h4-7,13,15-16,21,23H,8-12H2,1-3H3,(H,20,25)/t15-,16+/m1/s1. The Morgan fingerprint density at radius 1 is 1.42 bits per heavy atom. The molecule has 2 aromatic rings. The fourth-order valence-corrected chi connectivity index (χ4v) is 3.43. The molecule has 1 aliphatic heterocycles. The highest BCUT2D eigenvalue weighted by atomic mass is 16.6. The predicted octanol–water partition coefficient (Wildman–Crippen LogP) is 1.90. The molecular formula is C19H29N5O2. The molecule has 0 radical (unpaired) electrons. The molecule has 3 N–H and O–H groups in total. The van der Waals surface area contributed by atoms with Gasteiger partial charge in [0.1, 0.15) is 6.61 Å². The van der Waals surface area contributed by atoms with Crippen LogP contribution in [-0.2, 0) is 16.2 Å². The minimum atomic E-state index is 0.0223. The summed E-state index contributed by atoms with van der Waals surface area (Å²) in [5.41, 5.74) is 5.26. The van der Waals surface area contributed by atoms with Crippen LogP contribution in [0.4, 0.5) is 0 Å². The summed E-state index contributed by atoms with van der Waals surface area (Å²) < 4.78 is 2.04. The molecule has 0 saturated carbocycles. The number of hydrogen-bond acceptors (Lipinski definition) is 5. The highest BCUT2D eigenvalue weighted by Crippen LogP contribution is 2.22. The van der Waals surface area contributed by atoms with Gasteiger partial charge in [-0.3, -0.25) is 14.3 Å². The smallest absolute Gasteiger partial charge is 0.216 e. The second kappa shape index (κ2) is 8.62. The normalized spacial score (nSPS) is 20.2. The molecule has 1 aliphatic rings. The van der Waals surface area contributed by atoms with E-state index >= 15 is 0 Å². The molecule has 1 aromatic heterocycles. The van der Waals surface area contributed by atoms with E-state index < -0.39 is 0 Å². The van der Waals surface area contributed by atoms with Crippen LogP contribution in [0.15, 0.2) is 24.3 Å². The summed E-state index contributed by atoms with van der Waals surface area (Å²) >= 11 is 0. The van der Waals surface area contributed by atoms with Gasteiger partial charge in [0, 0.05) is 43.5 Å². The summed E-state index contributed by atoms with van der Waals surface area (Å²) in [4.78, 5) is 16.7. The number of carbonyl (C=O) groups excluding carboxylic acids is 1. The maximum Gasteiger partial charge on any atom is 0.216 e. The van der Waals surface area contributed by atoms with Crippen LogP contribution in [0.2, 0.25) is 0 Å². The summed E-state index contributed by atoms with van der Waals surface area (Å²) in [7, 11) is 0. The van der Waals surface area contributed by atoms with Crippen molar-refractivity contribution in [2.24, 2.45) is 0 Å². The van der Waals surface area contributed by atoms with Gasteiger partial charge < -0.3 is 10.6 Å². The third-order valence-corrected chi connectivity index (χ3v) is 4.73. The van der Waals surface area contributed by atoms with Gasteiger partial charge in [-0.25, -0.2) is 0 Å². The van der Waals surface area contributed by atoms with Gasteiger partial charge in [-0.2, -0.15) is 10.6 Å². The summed E-state index contributed by atoms with van der Waals surface area (Å²) in [6.07, 6.45) is 1.92. The number of benzene rings is 1. The van der Waals surface area contributed by atoms with Crippen LogP contribution in [0.25, 0.3) is 10.9 Å². The zero-order chi connectivity index (χ0) is 18.5. The van der Waals surface area contributed by atoms with E-state index in [0.29, 0.717) is 25.2 Å². The van der Waals surface area contributed by atoms with Crippen LogP contribution >= 0.6 is 0 Å². The van der Waals surface area contributed by atoms with Crippen LogP contribution in [0.1, 0.15) is 45.3 Å². The number of aromatic nitrogens is 2. The van der Waals surface area contributed by atoms with Crippen molar-refractivity contribution in [2.75, 3.05) is 13.1 Å². The van der Waals surface area contributed by atoms with Gasteiger partial charge >= 0.3 is 0 Å². The Hall–Kier alpha value is -1.96. The first kappa shape index (κ1) is 18.8. The van der Waals surface area contributed by atoms with E-state index in [9.17, 15) is 4.79 Å². The highest BCUT2D eigenvalue weighted by molar-refractivity contribution is 5.81. The number of nitrogens with zero attached hydrogens (tertiary/aromatic N) is 2. The Morgan fingerprint density at radius 3 is 3.00 bits per heavy atom. The Kier molecular flexibility index (Phi) is 6.24. The fourth-order valence-electron chi connectivity index (χ4n) is 3.43. The lowest BCUT2D eigenvalue weighted by Crippen LogP contribution is -2.31. The maximum absolute atomic E-state index is 10.9. The van der Waals surface area contributed by atoms with E-state index in [0.717, 1.165) is 36.0 Å². The SMILES string of the molecule is CC(=O)NCC[C@@H]1C[C@H](NOCc2nn(C(C)C)c3ccccc23)CN1. The molecule has 7 heteroatoms. The fraction of sp³-hybridized carbons (Fsp3) is 0.579. The van der Waals surface area contributed by atoms with Gasteiger partial charge in [0.05, 0.1) is 11.2 Å². The van der Waals surface area contributed by atoms with E-state index in [1.54, 1.807) is 6.92 Å². The molecule has 1 aromatic carbocycles. The topological polar surface area (TPSA) is 80.2 Å². The van der Waals surface area contributed by atoms with Gasteiger partial charge in [-0.1, -0.05) is 18.2 Å². The summed E-state index contributed by atoms with van der Waals surface area (Å²) in [6, 6.07) is 9.25. The molecule has 1 fully saturated rings. The Bertz CT molecular complexity index is 743. The first-order valence-corrected chi connectivity index (χ1v) is 9.36. The molecule has 0 aliphatic carbocycles. The molecular weight excluding hydrogens is 330 g/mol. The molecule has 2 heterocycles. The van der Waals surface area contributed by atoms with Crippen LogP contribution in [-0.4, -0.2) is 40.9 Å². The summed E-state index contributed by atoms with van der Waals surface area (Å²) in [5, 5.41) is 12.2. The number of hydroxylamine groups is 1. The molecule has 0 bridgehead atoms. The van der Waals surface area contributed by atoms with Gasteiger partial charge in [0.15, 0.2) is 0 Å². The number of carbonyl (C=O) groups is 1. The first-order chi connectivity index (χ1) is 12.5. The minimum absolute atomic E-state index is 0.0223. The number of nitrogens with one attached hydrogen (secondary N) is 3. The van der Waals surface area contributed by atoms with E-state index in [1.165, 1.54) is 0 Å². The van der Waals surface area contributed by atoms with Crippen LogP contribution in [0, 0.1) is 0 Å². The van der Waals surface area contributed by atoms with E-state index in [-0.39, 0.29) is 11.9 Å². The van der Waals surface area contributed by atoms with Crippen molar-refractivity contribution in [1.29, 1.82) is 0 Å². The largest absolute Gasteiger partial charge is 0.356 e. The van der Waals surface area contributed by atoms with Crippen molar-refractivity contribution >= 4 is 16.8 Å². The average Bonchev–Trinajstić information content (AvgIpc) is 3.20. The lowest BCUT2D eigenvalue weighted by atomic mass is 10.1.